The number of ether oxygens (including phenoxy) is 1. The number of nitrogen functional groups attached to an aromatic ring is 1. The molecule has 0 unspecified atom stereocenters. The van der Waals surface area contributed by atoms with E-state index in [2.05, 4.69) is 36.2 Å². The van der Waals surface area contributed by atoms with Gasteiger partial charge in [0.25, 0.3) is 0 Å². The lowest BCUT2D eigenvalue weighted by atomic mass is 10.2. The Hall–Kier alpha value is -3.07. The van der Waals surface area contributed by atoms with Crippen molar-refractivity contribution in [2.75, 3.05) is 11.1 Å². The van der Waals surface area contributed by atoms with Crippen molar-refractivity contribution in [2.24, 2.45) is 0 Å². The third-order valence-corrected chi connectivity index (χ3v) is 3.71. The summed E-state index contributed by atoms with van der Waals surface area (Å²) in [7, 11) is 0. The number of carbonyl (C=O) groups excluding carboxylic acids is 1. The summed E-state index contributed by atoms with van der Waals surface area (Å²) in [4.78, 5) is 24.0. The highest BCUT2D eigenvalue weighted by atomic mass is 79.9. The number of halogens is 2. The van der Waals surface area contributed by atoms with Gasteiger partial charge >= 0.3 is 5.97 Å². The summed E-state index contributed by atoms with van der Waals surface area (Å²) in [6.45, 7) is -0.273. The maximum Gasteiger partial charge on any atom is 0.341 e. The van der Waals surface area contributed by atoms with Gasteiger partial charge in [-0.3, -0.25) is 0 Å². The topological polar surface area (TPSA) is 103 Å². The van der Waals surface area contributed by atoms with Crippen molar-refractivity contribution >= 4 is 39.5 Å². The largest absolute Gasteiger partial charge is 0.454 e. The van der Waals surface area contributed by atoms with Crippen LogP contribution < -0.4 is 11.1 Å². The van der Waals surface area contributed by atoms with Crippen LogP contribution >= 0.6 is 15.9 Å². The van der Waals surface area contributed by atoms with Gasteiger partial charge in [0, 0.05) is 10.2 Å². The van der Waals surface area contributed by atoms with Crippen molar-refractivity contribution in [3.63, 3.8) is 0 Å². The summed E-state index contributed by atoms with van der Waals surface area (Å²) in [5, 5.41) is 2.97. The molecule has 0 saturated heterocycles. The third-order valence-electron chi connectivity index (χ3n) is 3.21. The number of esters is 1. The molecule has 0 spiro atoms. The first kappa shape index (κ1) is 17.7. The van der Waals surface area contributed by atoms with Gasteiger partial charge in [-0.1, -0.05) is 34.1 Å². The van der Waals surface area contributed by atoms with Crippen molar-refractivity contribution in [1.29, 1.82) is 0 Å². The minimum absolute atomic E-state index is 0.0284. The Morgan fingerprint density at radius 2 is 1.92 bits per heavy atom. The molecule has 26 heavy (non-hydrogen) atoms. The fourth-order valence-electron chi connectivity index (χ4n) is 2.07. The number of aromatic nitrogens is 3. The van der Waals surface area contributed by atoms with Crippen LogP contribution in [0.5, 0.6) is 0 Å². The number of nitrogens with zero attached hydrogens (tertiary/aromatic N) is 3. The lowest BCUT2D eigenvalue weighted by Crippen LogP contribution is -2.12. The fraction of sp³-hybridized carbons (Fsp3) is 0.0588. The van der Waals surface area contributed by atoms with Crippen LogP contribution in [0, 0.1) is 5.82 Å². The molecular formula is C17H13BrFN5O2. The highest BCUT2D eigenvalue weighted by molar-refractivity contribution is 9.10. The van der Waals surface area contributed by atoms with Crippen molar-refractivity contribution < 1.29 is 13.9 Å². The molecule has 0 atom stereocenters. The Balaban J connectivity index is 1.70. The molecular weight excluding hydrogens is 405 g/mol. The molecule has 3 rings (SSSR count). The molecule has 9 heteroatoms. The molecule has 1 aromatic heterocycles. The Morgan fingerprint density at radius 1 is 1.15 bits per heavy atom. The smallest absolute Gasteiger partial charge is 0.341 e. The van der Waals surface area contributed by atoms with E-state index in [1.807, 2.05) is 30.3 Å². The Bertz CT molecular complexity index is 940. The van der Waals surface area contributed by atoms with Crippen LogP contribution in [0.1, 0.15) is 16.2 Å². The number of benzene rings is 2. The Labute approximate surface area is 156 Å². The number of rotatable bonds is 5. The van der Waals surface area contributed by atoms with Crippen LogP contribution in [0.25, 0.3) is 0 Å². The van der Waals surface area contributed by atoms with E-state index in [1.54, 1.807) is 6.07 Å². The molecule has 132 valence electrons. The summed E-state index contributed by atoms with van der Waals surface area (Å²) in [6.07, 6.45) is 0. The molecule has 0 radical (unpaired) electrons. The summed E-state index contributed by atoms with van der Waals surface area (Å²) < 4.78 is 19.4. The first-order chi connectivity index (χ1) is 12.5. The van der Waals surface area contributed by atoms with Crippen molar-refractivity contribution in [3.05, 3.63) is 70.2 Å². The van der Waals surface area contributed by atoms with Gasteiger partial charge in [0.2, 0.25) is 11.9 Å². The SMILES string of the molecule is Nc1nc(COC(=O)c2ccc(Br)cc2F)nc(Nc2ccccc2)n1. The summed E-state index contributed by atoms with van der Waals surface area (Å²) in [5.41, 5.74) is 6.24. The first-order valence-electron chi connectivity index (χ1n) is 7.46. The number of hydrogen-bond donors (Lipinski definition) is 2. The lowest BCUT2D eigenvalue weighted by molar-refractivity contribution is 0.0457. The second kappa shape index (κ2) is 7.87. The van der Waals surface area contributed by atoms with E-state index in [4.69, 9.17) is 10.5 Å². The van der Waals surface area contributed by atoms with E-state index in [-0.39, 0.29) is 29.9 Å². The van der Waals surface area contributed by atoms with Crippen molar-refractivity contribution in [2.45, 2.75) is 6.61 Å². The minimum Gasteiger partial charge on any atom is -0.454 e. The predicted octanol–water partition coefficient (Wildman–Crippen LogP) is 3.46. The normalized spacial score (nSPS) is 10.4. The summed E-state index contributed by atoms with van der Waals surface area (Å²) >= 11 is 3.12. The molecule has 0 fully saturated rings. The standard InChI is InChI=1S/C17H13BrFN5O2/c18-10-6-7-12(13(19)8-10)15(25)26-9-14-22-16(20)24-17(23-14)21-11-4-2-1-3-5-11/h1-8H,9H2,(H3,20,21,22,23,24). The molecule has 0 saturated carbocycles. The van der Waals surface area contributed by atoms with Gasteiger partial charge < -0.3 is 15.8 Å². The van der Waals surface area contributed by atoms with Crippen LogP contribution in [-0.2, 0) is 11.3 Å². The lowest BCUT2D eigenvalue weighted by Gasteiger charge is -2.08. The van der Waals surface area contributed by atoms with E-state index < -0.39 is 11.8 Å². The van der Waals surface area contributed by atoms with Crippen LogP contribution in [0.15, 0.2) is 53.0 Å². The molecule has 7 nitrogen and oxygen atoms in total. The van der Waals surface area contributed by atoms with Crippen LogP contribution in [-0.4, -0.2) is 20.9 Å². The number of anilines is 3. The van der Waals surface area contributed by atoms with Gasteiger partial charge in [-0.25, -0.2) is 9.18 Å². The quantitative estimate of drug-likeness (QED) is 0.612. The van der Waals surface area contributed by atoms with E-state index in [0.717, 1.165) is 5.69 Å². The van der Waals surface area contributed by atoms with E-state index in [0.29, 0.717) is 4.47 Å². The molecule has 0 amide bonds. The molecule has 3 N–H and O–H groups in total. The van der Waals surface area contributed by atoms with E-state index in [1.165, 1.54) is 12.1 Å². The molecule has 0 bridgehead atoms. The van der Waals surface area contributed by atoms with Crippen LogP contribution in [0.4, 0.5) is 22.0 Å². The van der Waals surface area contributed by atoms with Gasteiger partial charge in [-0.05, 0) is 30.3 Å². The number of nitrogens with one attached hydrogen (secondary N) is 1. The number of hydrogen-bond acceptors (Lipinski definition) is 7. The average Bonchev–Trinajstić information content (AvgIpc) is 2.60. The van der Waals surface area contributed by atoms with Gasteiger partial charge in [0.15, 0.2) is 12.4 Å². The number of carbonyl (C=O) groups is 1. The summed E-state index contributed by atoms with van der Waals surface area (Å²) in [6, 6.07) is 13.3. The van der Waals surface area contributed by atoms with E-state index >= 15 is 0 Å². The molecule has 0 aliphatic heterocycles. The molecule has 3 aromatic rings. The molecule has 1 heterocycles. The monoisotopic (exact) mass is 417 g/mol. The number of nitrogens with two attached hydrogens (primary N) is 1. The molecule has 2 aromatic carbocycles. The van der Waals surface area contributed by atoms with Gasteiger partial charge in [-0.15, -0.1) is 0 Å². The first-order valence-corrected chi connectivity index (χ1v) is 8.25. The third kappa shape index (κ3) is 4.51. The average molecular weight is 418 g/mol. The summed E-state index contributed by atoms with van der Waals surface area (Å²) in [5.74, 6) is -1.19. The highest BCUT2D eigenvalue weighted by Crippen LogP contribution is 2.17. The fourth-order valence-corrected chi connectivity index (χ4v) is 2.41. The zero-order valence-electron chi connectivity index (χ0n) is 13.3. The Morgan fingerprint density at radius 3 is 2.65 bits per heavy atom. The van der Waals surface area contributed by atoms with Crippen molar-refractivity contribution in [1.82, 2.24) is 15.0 Å². The minimum atomic E-state index is -0.827. The second-order valence-electron chi connectivity index (χ2n) is 5.12. The maximum absolute atomic E-state index is 13.8. The molecule has 0 aliphatic rings. The van der Waals surface area contributed by atoms with Crippen molar-refractivity contribution in [3.8, 4) is 0 Å². The zero-order chi connectivity index (χ0) is 18.5. The van der Waals surface area contributed by atoms with Gasteiger partial charge in [-0.2, -0.15) is 15.0 Å². The maximum atomic E-state index is 13.8. The number of para-hydroxylation sites is 1. The van der Waals surface area contributed by atoms with Crippen LogP contribution in [0.3, 0.4) is 0 Å². The second-order valence-corrected chi connectivity index (χ2v) is 6.04. The van der Waals surface area contributed by atoms with Gasteiger partial charge in [0.1, 0.15) is 5.82 Å². The van der Waals surface area contributed by atoms with Gasteiger partial charge in [0.05, 0.1) is 5.56 Å². The highest BCUT2D eigenvalue weighted by Gasteiger charge is 2.15. The predicted molar refractivity (Wildman–Crippen MR) is 97.2 cm³/mol. The Kier molecular flexibility index (Phi) is 5.37. The van der Waals surface area contributed by atoms with E-state index in [9.17, 15) is 9.18 Å². The zero-order valence-corrected chi connectivity index (χ0v) is 14.9. The van der Waals surface area contributed by atoms with Crippen LogP contribution in [0.2, 0.25) is 0 Å². The molecule has 0 aliphatic carbocycles.